The number of hydrogen-bond acceptors (Lipinski definition) is 8. The quantitative estimate of drug-likeness (QED) is 0.468. The molecule has 1 atom stereocenters. The number of rotatable bonds is 11. The SMILES string of the molecule is CCCOc1ccc(C2C(C(=O)c3ccc(C)o3)=C(O)C(=O)N2CCN2CCOCC2)cc1OCC. The fourth-order valence-electron chi connectivity index (χ4n) is 4.52. The van der Waals surface area contributed by atoms with Crippen LogP contribution in [0.2, 0.25) is 0 Å². The maximum absolute atomic E-state index is 13.5. The maximum Gasteiger partial charge on any atom is 0.290 e. The summed E-state index contributed by atoms with van der Waals surface area (Å²) in [6.07, 6.45) is 0.845. The number of furan rings is 1. The number of aliphatic hydroxyl groups is 1. The number of aryl methyl sites for hydroxylation is 1. The van der Waals surface area contributed by atoms with Crippen LogP contribution in [-0.4, -0.2) is 79.2 Å². The highest BCUT2D eigenvalue weighted by atomic mass is 16.5. The highest BCUT2D eigenvalue weighted by Crippen LogP contribution is 2.42. The minimum absolute atomic E-state index is 0.000928. The minimum Gasteiger partial charge on any atom is -0.503 e. The first-order valence-corrected chi connectivity index (χ1v) is 12.5. The van der Waals surface area contributed by atoms with Crippen molar-refractivity contribution in [3.8, 4) is 11.5 Å². The zero-order valence-electron chi connectivity index (χ0n) is 21.1. The molecular weight excluding hydrogens is 464 g/mol. The van der Waals surface area contributed by atoms with E-state index >= 15 is 0 Å². The lowest BCUT2D eigenvalue weighted by Crippen LogP contribution is -2.43. The second-order valence-electron chi connectivity index (χ2n) is 8.84. The number of nitrogens with zero attached hydrogens (tertiary/aromatic N) is 2. The summed E-state index contributed by atoms with van der Waals surface area (Å²) in [6, 6.07) is 7.83. The molecule has 0 radical (unpaired) electrons. The van der Waals surface area contributed by atoms with Crippen molar-refractivity contribution in [3.05, 3.63) is 58.7 Å². The summed E-state index contributed by atoms with van der Waals surface area (Å²) in [5.74, 6) is 0.117. The highest BCUT2D eigenvalue weighted by Gasteiger charge is 2.44. The number of Topliss-reactive ketones (excluding diaryl/α,β-unsaturated/α-hetero) is 1. The number of ketones is 1. The lowest BCUT2D eigenvalue weighted by molar-refractivity contribution is -0.129. The molecule has 9 nitrogen and oxygen atoms in total. The van der Waals surface area contributed by atoms with E-state index in [2.05, 4.69) is 4.90 Å². The van der Waals surface area contributed by atoms with Crippen molar-refractivity contribution in [1.82, 2.24) is 9.80 Å². The number of carbonyl (C=O) groups is 2. The van der Waals surface area contributed by atoms with Crippen LogP contribution in [0.4, 0.5) is 0 Å². The summed E-state index contributed by atoms with van der Waals surface area (Å²) < 4.78 is 22.6. The van der Waals surface area contributed by atoms with Crippen LogP contribution < -0.4 is 9.47 Å². The van der Waals surface area contributed by atoms with Crippen LogP contribution in [0.15, 0.2) is 46.1 Å². The zero-order valence-corrected chi connectivity index (χ0v) is 21.1. The molecular formula is C27H34N2O7. The Morgan fingerprint density at radius 2 is 1.86 bits per heavy atom. The number of benzene rings is 1. The first-order chi connectivity index (χ1) is 17.4. The smallest absolute Gasteiger partial charge is 0.290 e. The number of amides is 1. The molecule has 1 unspecified atom stereocenters. The molecule has 2 aromatic rings. The average molecular weight is 499 g/mol. The molecule has 0 bridgehead atoms. The molecule has 4 rings (SSSR count). The summed E-state index contributed by atoms with van der Waals surface area (Å²) in [5, 5.41) is 10.9. The van der Waals surface area contributed by atoms with Gasteiger partial charge in [-0.3, -0.25) is 14.5 Å². The van der Waals surface area contributed by atoms with Gasteiger partial charge < -0.3 is 28.6 Å². The van der Waals surface area contributed by atoms with Gasteiger partial charge in [0, 0.05) is 26.2 Å². The van der Waals surface area contributed by atoms with E-state index in [1.165, 1.54) is 0 Å². The van der Waals surface area contributed by atoms with Gasteiger partial charge in [-0.25, -0.2) is 0 Å². The normalized spacial score (nSPS) is 18.7. The molecule has 1 saturated heterocycles. The van der Waals surface area contributed by atoms with Crippen molar-refractivity contribution >= 4 is 11.7 Å². The molecule has 36 heavy (non-hydrogen) atoms. The molecule has 2 aliphatic heterocycles. The minimum atomic E-state index is -0.795. The summed E-state index contributed by atoms with van der Waals surface area (Å²) >= 11 is 0. The standard InChI is InChI=1S/C27H34N2O7/c1-4-14-35-20-9-7-19(17-22(20)34-5-2)24-23(25(30)21-8-6-18(3)36-21)26(31)27(32)29(24)11-10-28-12-15-33-16-13-28/h6-9,17,24,31H,4-5,10-16H2,1-3H3. The second kappa shape index (κ2) is 11.6. The van der Waals surface area contributed by atoms with Crippen molar-refractivity contribution in [1.29, 1.82) is 0 Å². The number of hydrogen-bond donors (Lipinski definition) is 1. The van der Waals surface area contributed by atoms with Gasteiger partial charge in [-0.15, -0.1) is 0 Å². The van der Waals surface area contributed by atoms with Crippen LogP contribution in [0.5, 0.6) is 11.5 Å². The van der Waals surface area contributed by atoms with E-state index in [4.69, 9.17) is 18.6 Å². The van der Waals surface area contributed by atoms with Crippen LogP contribution in [0.25, 0.3) is 0 Å². The largest absolute Gasteiger partial charge is 0.503 e. The van der Waals surface area contributed by atoms with Gasteiger partial charge >= 0.3 is 0 Å². The van der Waals surface area contributed by atoms with Crippen LogP contribution in [0.3, 0.4) is 0 Å². The van der Waals surface area contributed by atoms with Gasteiger partial charge in [-0.05, 0) is 50.1 Å². The van der Waals surface area contributed by atoms with Gasteiger partial charge in [0.25, 0.3) is 5.91 Å². The van der Waals surface area contributed by atoms with Gasteiger partial charge in [0.2, 0.25) is 5.78 Å². The van der Waals surface area contributed by atoms with Crippen LogP contribution >= 0.6 is 0 Å². The monoisotopic (exact) mass is 498 g/mol. The predicted octanol–water partition coefficient (Wildman–Crippen LogP) is 3.69. The van der Waals surface area contributed by atoms with E-state index in [1.54, 1.807) is 36.1 Å². The van der Waals surface area contributed by atoms with Crippen molar-refractivity contribution in [2.45, 2.75) is 33.2 Å². The molecule has 1 fully saturated rings. The zero-order chi connectivity index (χ0) is 25.7. The highest BCUT2D eigenvalue weighted by molar-refractivity contribution is 6.15. The number of carbonyl (C=O) groups excluding carboxylic acids is 2. The third-order valence-corrected chi connectivity index (χ3v) is 6.32. The van der Waals surface area contributed by atoms with Gasteiger partial charge in [-0.2, -0.15) is 0 Å². The summed E-state index contributed by atoms with van der Waals surface area (Å²) in [7, 11) is 0. The Bertz CT molecular complexity index is 1120. The van der Waals surface area contributed by atoms with Crippen molar-refractivity contribution in [2.24, 2.45) is 0 Å². The Morgan fingerprint density at radius 3 is 2.53 bits per heavy atom. The van der Waals surface area contributed by atoms with E-state index in [0.717, 1.165) is 19.5 Å². The third kappa shape index (κ3) is 5.42. The lowest BCUT2D eigenvalue weighted by atomic mass is 9.94. The van der Waals surface area contributed by atoms with Gasteiger partial charge in [0.15, 0.2) is 23.0 Å². The molecule has 0 spiro atoms. The van der Waals surface area contributed by atoms with E-state index in [1.807, 2.05) is 19.9 Å². The van der Waals surface area contributed by atoms with Crippen LogP contribution in [-0.2, 0) is 9.53 Å². The molecule has 0 saturated carbocycles. The number of ether oxygens (including phenoxy) is 3. The van der Waals surface area contributed by atoms with Crippen molar-refractivity contribution in [2.75, 3.05) is 52.6 Å². The molecule has 1 aromatic carbocycles. The summed E-state index contributed by atoms with van der Waals surface area (Å²) in [5.41, 5.74) is 0.648. The fraction of sp³-hybridized carbons (Fsp3) is 0.481. The van der Waals surface area contributed by atoms with E-state index in [9.17, 15) is 14.7 Å². The predicted molar refractivity (Wildman–Crippen MR) is 133 cm³/mol. The molecule has 0 aliphatic carbocycles. The van der Waals surface area contributed by atoms with Gasteiger partial charge in [0.05, 0.1) is 38.0 Å². The number of morpholine rings is 1. The Kier molecular flexibility index (Phi) is 8.32. The van der Waals surface area contributed by atoms with E-state index in [-0.39, 0.29) is 11.3 Å². The Hall–Kier alpha value is -3.30. The third-order valence-electron chi connectivity index (χ3n) is 6.32. The van der Waals surface area contributed by atoms with Crippen LogP contribution in [0.1, 0.15) is 48.2 Å². The average Bonchev–Trinajstić information content (AvgIpc) is 3.43. The Balaban J connectivity index is 1.71. The second-order valence-corrected chi connectivity index (χ2v) is 8.84. The molecule has 1 amide bonds. The van der Waals surface area contributed by atoms with Gasteiger partial charge in [-0.1, -0.05) is 13.0 Å². The van der Waals surface area contributed by atoms with Gasteiger partial charge in [0.1, 0.15) is 5.76 Å². The lowest BCUT2D eigenvalue weighted by Gasteiger charge is -2.31. The first kappa shape index (κ1) is 25.8. The van der Waals surface area contributed by atoms with E-state index in [0.29, 0.717) is 62.3 Å². The molecule has 194 valence electrons. The molecule has 9 heteroatoms. The van der Waals surface area contributed by atoms with E-state index < -0.39 is 23.5 Å². The molecule has 2 aliphatic rings. The van der Waals surface area contributed by atoms with Crippen molar-refractivity contribution < 1.29 is 33.3 Å². The molecule has 3 heterocycles. The van der Waals surface area contributed by atoms with Crippen molar-refractivity contribution in [3.63, 3.8) is 0 Å². The Morgan fingerprint density at radius 1 is 1.08 bits per heavy atom. The first-order valence-electron chi connectivity index (χ1n) is 12.5. The fourth-order valence-corrected chi connectivity index (χ4v) is 4.52. The Labute approximate surface area is 211 Å². The summed E-state index contributed by atoms with van der Waals surface area (Å²) in [4.78, 5) is 30.5. The molecule has 1 aromatic heterocycles. The topological polar surface area (TPSA) is 102 Å². The number of aliphatic hydroxyl groups excluding tert-OH is 1. The molecule has 1 N–H and O–H groups in total. The maximum atomic E-state index is 13.5. The summed E-state index contributed by atoms with van der Waals surface area (Å²) in [6.45, 7) is 10.3. The van der Waals surface area contributed by atoms with Crippen LogP contribution in [0, 0.1) is 6.92 Å².